The fraction of sp³-hybridized carbons (Fsp3) is 0.300. The summed E-state index contributed by atoms with van der Waals surface area (Å²) in [4.78, 5) is 26.3. The molecule has 0 aromatic heterocycles. The molecule has 1 N–H and O–H groups in total. The summed E-state index contributed by atoms with van der Waals surface area (Å²) in [6.07, 6.45) is 0.851. The van der Waals surface area contributed by atoms with Crippen LogP contribution in [0.2, 0.25) is 5.02 Å². The standard InChI is InChI=1S/C20H21ClN2O2/c1-13(2)20(25)23-9-8-15-10-14(6-7-18(15)23)12-22-19(24)16-4-3-5-17(21)11-16/h3-7,10-11,13H,8-9,12H2,1-2H3,(H,22,24). The first-order valence-electron chi connectivity index (χ1n) is 8.42. The highest BCUT2D eigenvalue weighted by molar-refractivity contribution is 6.30. The van der Waals surface area contributed by atoms with Gasteiger partial charge in [0.25, 0.3) is 5.91 Å². The molecule has 0 aliphatic carbocycles. The van der Waals surface area contributed by atoms with Crippen LogP contribution in [0.15, 0.2) is 42.5 Å². The first-order chi connectivity index (χ1) is 12.0. The Morgan fingerprint density at radius 1 is 1.20 bits per heavy atom. The van der Waals surface area contributed by atoms with Crippen LogP contribution >= 0.6 is 11.6 Å². The summed E-state index contributed by atoms with van der Waals surface area (Å²) in [6, 6.07) is 12.9. The number of nitrogens with one attached hydrogen (secondary N) is 1. The molecule has 0 bridgehead atoms. The van der Waals surface area contributed by atoms with Crippen LogP contribution in [0.1, 0.15) is 35.3 Å². The van der Waals surface area contributed by atoms with Crippen molar-refractivity contribution in [3.63, 3.8) is 0 Å². The third kappa shape index (κ3) is 3.85. The molecule has 25 heavy (non-hydrogen) atoms. The fourth-order valence-corrected chi connectivity index (χ4v) is 3.21. The number of hydrogen-bond acceptors (Lipinski definition) is 2. The summed E-state index contributed by atoms with van der Waals surface area (Å²) >= 11 is 5.92. The summed E-state index contributed by atoms with van der Waals surface area (Å²) < 4.78 is 0. The van der Waals surface area contributed by atoms with Crippen molar-refractivity contribution >= 4 is 29.1 Å². The number of hydrogen-bond donors (Lipinski definition) is 1. The molecular weight excluding hydrogens is 336 g/mol. The van der Waals surface area contributed by atoms with E-state index in [1.54, 1.807) is 24.3 Å². The maximum Gasteiger partial charge on any atom is 0.251 e. The molecule has 1 aliphatic heterocycles. The van der Waals surface area contributed by atoms with Gasteiger partial charge < -0.3 is 10.2 Å². The number of nitrogens with zero attached hydrogens (tertiary/aromatic N) is 1. The molecule has 4 nitrogen and oxygen atoms in total. The Morgan fingerprint density at radius 2 is 2.00 bits per heavy atom. The molecule has 0 saturated carbocycles. The number of rotatable bonds is 4. The quantitative estimate of drug-likeness (QED) is 0.905. The largest absolute Gasteiger partial charge is 0.348 e. The molecule has 2 amide bonds. The van der Waals surface area contributed by atoms with Crippen molar-refractivity contribution < 1.29 is 9.59 Å². The number of halogens is 1. The van der Waals surface area contributed by atoms with E-state index in [9.17, 15) is 9.59 Å². The van der Waals surface area contributed by atoms with Crippen molar-refractivity contribution in [1.82, 2.24) is 5.32 Å². The Kier molecular flexibility index (Phi) is 5.09. The SMILES string of the molecule is CC(C)C(=O)N1CCc2cc(CNC(=O)c3cccc(Cl)c3)ccc21. The third-order valence-electron chi connectivity index (χ3n) is 4.34. The van der Waals surface area contributed by atoms with Gasteiger partial charge in [-0.3, -0.25) is 9.59 Å². The Morgan fingerprint density at radius 3 is 2.72 bits per heavy atom. The maximum atomic E-state index is 12.3. The molecule has 0 radical (unpaired) electrons. The van der Waals surface area contributed by atoms with Gasteiger partial charge in [0, 0.05) is 35.3 Å². The lowest BCUT2D eigenvalue weighted by atomic mass is 10.1. The molecule has 1 aliphatic rings. The van der Waals surface area contributed by atoms with Crippen LogP contribution in [-0.2, 0) is 17.8 Å². The van der Waals surface area contributed by atoms with Gasteiger partial charge in [0.15, 0.2) is 0 Å². The lowest BCUT2D eigenvalue weighted by Crippen LogP contribution is -2.32. The minimum absolute atomic E-state index is 0.0115. The van der Waals surface area contributed by atoms with Gasteiger partial charge in [0.2, 0.25) is 5.91 Å². The van der Waals surface area contributed by atoms with E-state index in [1.807, 2.05) is 30.9 Å². The second-order valence-electron chi connectivity index (χ2n) is 6.55. The van der Waals surface area contributed by atoms with Crippen LogP contribution in [0.3, 0.4) is 0 Å². The van der Waals surface area contributed by atoms with Gasteiger partial charge in [0.1, 0.15) is 0 Å². The van der Waals surface area contributed by atoms with Gasteiger partial charge in [-0.05, 0) is 41.8 Å². The average Bonchev–Trinajstić information content (AvgIpc) is 3.02. The van der Waals surface area contributed by atoms with Gasteiger partial charge in [-0.1, -0.05) is 43.6 Å². The second kappa shape index (κ2) is 7.28. The fourth-order valence-electron chi connectivity index (χ4n) is 3.02. The maximum absolute atomic E-state index is 12.3. The predicted octanol–water partition coefficient (Wildman–Crippen LogP) is 3.82. The van der Waals surface area contributed by atoms with Crippen molar-refractivity contribution in [3.05, 3.63) is 64.2 Å². The molecule has 0 unspecified atom stereocenters. The van der Waals surface area contributed by atoms with Gasteiger partial charge in [-0.15, -0.1) is 0 Å². The molecule has 3 rings (SSSR count). The second-order valence-corrected chi connectivity index (χ2v) is 6.99. The highest BCUT2D eigenvalue weighted by Crippen LogP contribution is 2.30. The Labute approximate surface area is 152 Å². The van der Waals surface area contributed by atoms with Gasteiger partial charge >= 0.3 is 0 Å². The number of carbonyl (C=O) groups excluding carboxylic acids is 2. The van der Waals surface area contributed by atoms with Crippen LogP contribution in [0, 0.1) is 5.92 Å². The van der Waals surface area contributed by atoms with Crippen molar-refractivity contribution in [3.8, 4) is 0 Å². The zero-order valence-electron chi connectivity index (χ0n) is 14.4. The minimum Gasteiger partial charge on any atom is -0.348 e. The predicted molar refractivity (Wildman–Crippen MR) is 100.0 cm³/mol. The molecule has 0 spiro atoms. The van der Waals surface area contributed by atoms with E-state index < -0.39 is 0 Å². The zero-order valence-corrected chi connectivity index (χ0v) is 15.1. The van der Waals surface area contributed by atoms with Crippen molar-refractivity contribution in [2.75, 3.05) is 11.4 Å². The molecule has 2 aromatic rings. The van der Waals surface area contributed by atoms with E-state index in [0.717, 1.165) is 29.8 Å². The minimum atomic E-state index is -0.153. The molecule has 5 heteroatoms. The number of fused-ring (bicyclic) bond motifs is 1. The van der Waals surface area contributed by atoms with E-state index in [1.165, 1.54) is 0 Å². The third-order valence-corrected chi connectivity index (χ3v) is 4.57. The van der Waals surface area contributed by atoms with Crippen molar-refractivity contribution in [2.24, 2.45) is 5.92 Å². The average molecular weight is 357 g/mol. The van der Waals surface area contributed by atoms with Crippen LogP contribution < -0.4 is 10.2 Å². The van der Waals surface area contributed by atoms with Crippen LogP contribution in [0.4, 0.5) is 5.69 Å². The van der Waals surface area contributed by atoms with Crippen LogP contribution in [0.25, 0.3) is 0 Å². The van der Waals surface area contributed by atoms with E-state index in [4.69, 9.17) is 11.6 Å². The van der Waals surface area contributed by atoms with E-state index >= 15 is 0 Å². The normalized spacial score (nSPS) is 13.0. The Hall–Kier alpha value is -2.33. The molecule has 0 atom stereocenters. The molecular formula is C20H21ClN2O2. The van der Waals surface area contributed by atoms with E-state index in [2.05, 4.69) is 11.4 Å². The van der Waals surface area contributed by atoms with Gasteiger partial charge in [0.05, 0.1) is 0 Å². The van der Waals surface area contributed by atoms with Gasteiger partial charge in [-0.25, -0.2) is 0 Å². The number of carbonyl (C=O) groups is 2. The zero-order chi connectivity index (χ0) is 18.0. The summed E-state index contributed by atoms with van der Waals surface area (Å²) in [6.45, 7) is 5.00. The molecule has 2 aromatic carbocycles. The monoisotopic (exact) mass is 356 g/mol. The number of benzene rings is 2. The first kappa shape index (κ1) is 17.5. The number of amides is 2. The lowest BCUT2D eigenvalue weighted by molar-refractivity contribution is -0.121. The van der Waals surface area contributed by atoms with Gasteiger partial charge in [-0.2, -0.15) is 0 Å². The number of anilines is 1. The molecule has 0 saturated heterocycles. The van der Waals surface area contributed by atoms with E-state index in [0.29, 0.717) is 17.1 Å². The van der Waals surface area contributed by atoms with Crippen LogP contribution in [-0.4, -0.2) is 18.4 Å². The summed E-state index contributed by atoms with van der Waals surface area (Å²) in [5.74, 6) is -0.0111. The van der Waals surface area contributed by atoms with Crippen LogP contribution in [0.5, 0.6) is 0 Å². The first-order valence-corrected chi connectivity index (χ1v) is 8.80. The topological polar surface area (TPSA) is 49.4 Å². The summed E-state index contributed by atoms with van der Waals surface area (Å²) in [7, 11) is 0. The molecule has 0 fully saturated rings. The lowest BCUT2D eigenvalue weighted by Gasteiger charge is -2.19. The summed E-state index contributed by atoms with van der Waals surface area (Å²) in [5.41, 5.74) is 3.71. The van der Waals surface area contributed by atoms with Crippen molar-refractivity contribution in [1.29, 1.82) is 0 Å². The highest BCUT2D eigenvalue weighted by atomic mass is 35.5. The van der Waals surface area contributed by atoms with E-state index in [-0.39, 0.29) is 17.7 Å². The smallest absolute Gasteiger partial charge is 0.251 e. The molecule has 130 valence electrons. The Balaban J connectivity index is 1.67. The Bertz CT molecular complexity index is 817. The highest BCUT2D eigenvalue weighted by Gasteiger charge is 2.26. The summed E-state index contributed by atoms with van der Waals surface area (Å²) in [5, 5.41) is 3.45. The van der Waals surface area contributed by atoms with Crippen molar-refractivity contribution in [2.45, 2.75) is 26.8 Å². The molecule has 1 heterocycles.